The molecule has 7 heteroatoms. The van der Waals surface area contributed by atoms with Crippen LogP contribution in [0.3, 0.4) is 0 Å². The first kappa shape index (κ1) is 14.5. The summed E-state index contributed by atoms with van der Waals surface area (Å²) in [6.45, 7) is 4.74. The average Bonchev–Trinajstić information content (AvgIpc) is 2.76. The Labute approximate surface area is 113 Å². The van der Waals surface area contributed by atoms with Gasteiger partial charge in [0.2, 0.25) is 0 Å². The van der Waals surface area contributed by atoms with E-state index in [1.807, 2.05) is 0 Å². The van der Waals surface area contributed by atoms with Crippen molar-refractivity contribution >= 4 is 0 Å². The topological polar surface area (TPSA) is 50.9 Å². The lowest BCUT2D eigenvalue weighted by Gasteiger charge is -2.12. The minimum absolute atomic E-state index is 0.280. The van der Waals surface area contributed by atoms with Gasteiger partial charge in [-0.1, -0.05) is 11.3 Å². The van der Waals surface area contributed by atoms with Gasteiger partial charge in [0, 0.05) is 0 Å². The van der Waals surface area contributed by atoms with Gasteiger partial charge >= 0.3 is 6.18 Å². The van der Waals surface area contributed by atoms with Crippen LogP contribution in [0, 0.1) is 6.92 Å². The molecule has 0 aliphatic carbocycles. The van der Waals surface area contributed by atoms with Crippen molar-refractivity contribution < 1.29 is 18.3 Å². The number of aromatic nitrogens is 3. The molecule has 108 valence electrons. The Bertz CT molecular complexity index is 627. The molecule has 1 aromatic heterocycles. The zero-order chi connectivity index (χ0) is 15.1. The maximum atomic E-state index is 12.7. The zero-order valence-electron chi connectivity index (χ0n) is 11.2. The molecular weight excluding hydrogens is 271 g/mol. The number of benzene rings is 1. The lowest BCUT2D eigenvalue weighted by Crippen LogP contribution is -2.15. The molecule has 20 heavy (non-hydrogen) atoms. The van der Waals surface area contributed by atoms with E-state index in [-0.39, 0.29) is 11.4 Å². The van der Waals surface area contributed by atoms with Gasteiger partial charge in [0.1, 0.15) is 11.3 Å². The first-order valence-electron chi connectivity index (χ1n) is 5.92. The molecule has 0 amide bonds. The minimum Gasteiger partial charge on any atom is -0.384 e. The first-order valence-corrected chi connectivity index (χ1v) is 5.92. The quantitative estimate of drug-likeness (QED) is 0.923. The van der Waals surface area contributed by atoms with Crippen LogP contribution in [0.15, 0.2) is 24.4 Å². The Morgan fingerprint density at radius 1 is 1.20 bits per heavy atom. The van der Waals surface area contributed by atoms with E-state index >= 15 is 0 Å². The van der Waals surface area contributed by atoms with E-state index in [9.17, 15) is 18.3 Å². The Kier molecular flexibility index (Phi) is 3.33. The second-order valence-electron chi connectivity index (χ2n) is 5.11. The number of halogens is 3. The maximum Gasteiger partial charge on any atom is 0.416 e. The molecule has 1 heterocycles. The van der Waals surface area contributed by atoms with Crippen molar-refractivity contribution in [2.75, 3.05) is 0 Å². The molecule has 2 aromatic rings. The standard InChI is InChI=1S/C13H14F3N3O/c1-8-4-5-9(13(14,15)16)6-10(8)19-7-11(17-18-19)12(2,3)20/h4-7,20H,1-3H3. The number of hydrogen-bond acceptors (Lipinski definition) is 3. The van der Waals surface area contributed by atoms with Gasteiger partial charge in [0.25, 0.3) is 0 Å². The van der Waals surface area contributed by atoms with Crippen LogP contribution in [0.2, 0.25) is 0 Å². The summed E-state index contributed by atoms with van der Waals surface area (Å²) < 4.78 is 39.4. The summed E-state index contributed by atoms with van der Waals surface area (Å²) in [6, 6.07) is 3.41. The van der Waals surface area contributed by atoms with Gasteiger partial charge in [-0.05, 0) is 38.5 Å². The number of rotatable bonds is 2. The molecule has 0 spiro atoms. The van der Waals surface area contributed by atoms with Crippen LogP contribution in [0.1, 0.15) is 30.7 Å². The Morgan fingerprint density at radius 3 is 2.35 bits per heavy atom. The van der Waals surface area contributed by atoms with E-state index in [2.05, 4.69) is 10.3 Å². The SMILES string of the molecule is Cc1ccc(C(F)(F)F)cc1-n1cc(C(C)(C)O)nn1. The van der Waals surface area contributed by atoms with Gasteiger partial charge in [-0.2, -0.15) is 13.2 Å². The summed E-state index contributed by atoms with van der Waals surface area (Å²) in [5.74, 6) is 0. The molecular formula is C13H14F3N3O. The van der Waals surface area contributed by atoms with Crippen LogP contribution in [-0.2, 0) is 11.8 Å². The summed E-state index contributed by atoms with van der Waals surface area (Å²) in [4.78, 5) is 0. The summed E-state index contributed by atoms with van der Waals surface area (Å²) in [6.07, 6.45) is -3.00. The van der Waals surface area contributed by atoms with E-state index in [0.29, 0.717) is 5.56 Å². The Morgan fingerprint density at radius 2 is 1.85 bits per heavy atom. The lowest BCUT2D eigenvalue weighted by molar-refractivity contribution is -0.137. The van der Waals surface area contributed by atoms with Crippen molar-refractivity contribution in [3.63, 3.8) is 0 Å². The molecule has 0 radical (unpaired) electrons. The van der Waals surface area contributed by atoms with E-state index in [1.54, 1.807) is 6.92 Å². The number of hydrogen-bond donors (Lipinski definition) is 1. The van der Waals surface area contributed by atoms with Gasteiger partial charge in [0.15, 0.2) is 0 Å². The van der Waals surface area contributed by atoms with Crippen molar-refractivity contribution in [2.24, 2.45) is 0 Å². The van der Waals surface area contributed by atoms with Crippen LogP contribution in [0.5, 0.6) is 0 Å². The summed E-state index contributed by atoms with van der Waals surface area (Å²) in [5, 5.41) is 17.4. The highest BCUT2D eigenvalue weighted by molar-refractivity contribution is 5.43. The zero-order valence-corrected chi connectivity index (χ0v) is 11.2. The third kappa shape index (κ3) is 2.82. The first-order chi connectivity index (χ1) is 9.09. The molecule has 4 nitrogen and oxygen atoms in total. The second-order valence-corrected chi connectivity index (χ2v) is 5.11. The molecule has 1 N–H and O–H groups in total. The fourth-order valence-electron chi connectivity index (χ4n) is 1.69. The molecule has 0 aliphatic heterocycles. The van der Waals surface area contributed by atoms with Crippen molar-refractivity contribution in [3.05, 3.63) is 41.2 Å². The molecule has 0 saturated carbocycles. The lowest BCUT2D eigenvalue weighted by atomic mass is 10.1. The van der Waals surface area contributed by atoms with Crippen LogP contribution in [-0.4, -0.2) is 20.1 Å². The van der Waals surface area contributed by atoms with Crippen molar-refractivity contribution in [1.29, 1.82) is 0 Å². The molecule has 2 rings (SSSR count). The van der Waals surface area contributed by atoms with Gasteiger partial charge in [0.05, 0.1) is 17.4 Å². The molecule has 0 unspecified atom stereocenters. The van der Waals surface area contributed by atoms with Crippen molar-refractivity contribution in [3.8, 4) is 5.69 Å². The highest BCUT2D eigenvalue weighted by Gasteiger charge is 2.31. The average molecular weight is 285 g/mol. The number of aryl methyl sites for hydroxylation is 1. The molecule has 0 fully saturated rings. The third-order valence-corrected chi connectivity index (χ3v) is 2.90. The number of aliphatic hydroxyl groups is 1. The predicted octanol–water partition coefficient (Wildman–Crippen LogP) is 2.82. The van der Waals surface area contributed by atoms with E-state index in [1.165, 1.54) is 30.8 Å². The van der Waals surface area contributed by atoms with Crippen molar-refractivity contribution in [1.82, 2.24) is 15.0 Å². The van der Waals surface area contributed by atoms with E-state index in [0.717, 1.165) is 12.1 Å². The fourth-order valence-corrected chi connectivity index (χ4v) is 1.69. The number of nitrogens with zero attached hydrogens (tertiary/aromatic N) is 3. The summed E-state index contributed by atoms with van der Waals surface area (Å²) in [7, 11) is 0. The van der Waals surface area contributed by atoms with Gasteiger partial charge < -0.3 is 5.11 Å². The van der Waals surface area contributed by atoms with Gasteiger partial charge in [-0.25, -0.2) is 4.68 Å². The highest BCUT2D eigenvalue weighted by atomic mass is 19.4. The van der Waals surface area contributed by atoms with Crippen molar-refractivity contribution in [2.45, 2.75) is 32.5 Å². The van der Waals surface area contributed by atoms with E-state index < -0.39 is 17.3 Å². The molecule has 0 atom stereocenters. The summed E-state index contributed by atoms with van der Waals surface area (Å²) >= 11 is 0. The highest BCUT2D eigenvalue weighted by Crippen LogP contribution is 2.31. The van der Waals surface area contributed by atoms with Crippen LogP contribution >= 0.6 is 0 Å². The Hall–Kier alpha value is -1.89. The van der Waals surface area contributed by atoms with Crippen LogP contribution in [0.25, 0.3) is 5.69 Å². The predicted molar refractivity (Wildman–Crippen MR) is 66.3 cm³/mol. The van der Waals surface area contributed by atoms with Crippen LogP contribution < -0.4 is 0 Å². The molecule has 1 aromatic carbocycles. The summed E-state index contributed by atoms with van der Waals surface area (Å²) in [5.41, 5.74) is -0.755. The third-order valence-electron chi connectivity index (χ3n) is 2.90. The monoisotopic (exact) mass is 285 g/mol. The molecule has 0 bridgehead atoms. The maximum absolute atomic E-state index is 12.7. The van der Waals surface area contributed by atoms with Crippen LogP contribution in [0.4, 0.5) is 13.2 Å². The minimum atomic E-state index is -4.41. The van der Waals surface area contributed by atoms with Gasteiger partial charge in [-0.3, -0.25) is 0 Å². The van der Waals surface area contributed by atoms with E-state index in [4.69, 9.17) is 0 Å². The Balaban J connectivity index is 2.50. The molecule has 0 aliphatic rings. The number of alkyl halides is 3. The normalized spacial score (nSPS) is 12.8. The smallest absolute Gasteiger partial charge is 0.384 e. The van der Waals surface area contributed by atoms with Gasteiger partial charge in [-0.15, -0.1) is 5.10 Å². The fraction of sp³-hybridized carbons (Fsp3) is 0.385. The second kappa shape index (κ2) is 4.59. The largest absolute Gasteiger partial charge is 0.416 e. The molecule has 0 saturated heterocycles.